The van der Waals surface area contributed by atoms with E-state index in [4.69, 9.17) is 5.73 Å². The van der Waals surface area contributed by atoms with E-state index in [1.54, 1.807) is 6.07 Å². The Morgan fingerprint density at radius 2 is 2.05 bits per heavy atom. The monoisotopic (exact) mass is 328 g/mol. The van der Waals surface area contributed by atoms with Crippen molar-refractivity contribution in [2.75, 3.05) is 18.8 Å². The van der Waals surface area contributed by atoms with Crippen LogP contribution in [0.4, 0.5) is 13.2 Å². The zero-order valence-electron chi connectivity index (χ0n) is 10.6. The van der Waals surface area contributed by atoms with Gasteiger partial charge in [-0.05, 0) is 31.2 Å². The second-order valence-corrected chi connectivity index (χ2v) is 4.86. The summed E-state index contributed by atoms with van der Waals surface area (Å²) in [5.41, 5.74) is 4.57. The van der Waals surface area contributed by atoms with Crippen molar-refractivity contribution in [1.29, 1.82) is 0 Å². The minimum atomic E-state index is -4.36. The number of carbonyl (C=O) groups excluding carboxylic acids is 1. The topological polar surface area (TPSA) is 55.1 Å². The molecule has 0 aromatic heterocycles. The Balaban J connectivity index is 0.00000361. The van der Waals surface area contributed by atoms with Crippen molar-refractivity contribution >= 4 is 30.1 Å². The molecule has 0 heterocycles. The van der Waals surface area contributed by atoms with E-state index in [2.05, 4.69) is 5.32 Å². The van der Waals surface area contributed by atoms with Gasteiger partial charge in [0.2, 0.25) is 5.91 Å². The molecule has 0 aliphatic rings. The summed E-state index contributed by atoms with van der Waals surface area (Å²) in [4.78, 5) is 11.8. The van der Waals surface area contributed by atoms with Crippen LogP contribution in [0.25, 0.3) is 0 Å². The zero-order valence-corrected chi connectivity index (χ0v) is 12.2. The summed E-state index contributed by atoms with van der Waals surface area (Å²) < 4.78 is 37.4. The van der Waals surface area contributed by atoms with Crippen molar-refractivity contribution in [3.05, 3.63) is 29.8 Å². The van der Waals surface area contributed by atoms with Crippen molar-refractivity contribution in [3.63, 3.8) is 0 Å². The van der Waals surface area contributed by atoms with E-state index in [1.807, 2.05) is 0 Å². The lowest BCUT2D eigenvalue weighted by Crippen LogP contribution is -2.27. The third-order valence-electron chi connectivity index (χ3n) is 2.23. The number of alkyl halides is 3. The summed E-state index contributed by atoms with van der Waals surface area (Å²) in [6, 6.07) is 4.92. The van der Waals surface area contributed by atoms with Gasteiger partial charge in [0.05, 0.1) is 11.3 Å². The van der Waals surface area contributed by atoms with Crippen LogP contribution in [0.2, 0.25) is 0 Å². The van der Waals surface area contributed by atoms with Crippen LogP contribution in [-0.4, -0.2) is 24.7 Å². The quantitative estimate of drug-likeness (QED) is 0.623. The number of benzene rings is 1. The Labute approximate surface area is 125 Å². The first kappa shape index (κ1) is 19.1. The van der Waals surface area contributed by atoms with Crippen LogP contribution in [0.15, 0.2) is 29.2 Å². The lowest BCUT2D eigenvalue weighted by molar-refractivity contribution is -0.137. The standard InChI is InChI=1S/C12H15F3N2OS.ClH/c13-12(14,15)9-3-1-4-10(7-9)19-8-11(18)17-6-2-5-16;/h1,3-4,7H,2,5-6,8,16H2,(H,17,18);1H. The number of hydrogen-bond donors (Lipinski definition) is 2. The summed E-state index contributed by atoms with van der Waals surface area (Å²) in [7, 11) is 0. The van der Waals surface area contributed by atoms with Crippen molar-refractivity contribution in [2.45, 2.75) is 17.5 Å². The molecular formula is C12H16ClF3N2OS. The third-order valence-corrected chi connectivity index (χ3v) is 3.23. The van der Waals surface area contributed by atoms with Gasteiger partial charge in [0.15, 0.2) is 0 Å². The Bertz CT molecular complexity index is 429. The molecule has 1 aromatic carbocycles. The van der Waals surface area contributed by atoms with Gasteiger partial charge in [-0.3, -0.25) is 4.79 Å². The Kier molecular flexibility index (Phi) is 8.68. The van der Waals surface area contributed by atoms with Gasteiger partial charge in [0, 0.05) is 11.4 Å². The second-order valence-electron chi connectivity index (χ2n) is 3.81. The molecule has 8 heteroatoms. The van der Waals surface area contributed by atoms with E-state index < -0.39 is 11.7 Å². The van der Waals surface area contributed by atoms with E-state index >= 15 is 0 Å². The van der Waals surface area contributed by atoms with Crippen LogP contribution in [-0.2, 0) is 11.0 Å². The van der Waals surface area contributed by atoms with E-state index in [0.717, 1.165) is 23.9 Å². The second kappa shape index (κ2) is 9.10. The lowest BCUT2D eigenvalue weighted by Gasteiger charge is -2.08. The molecule has 114 valence electrons. The van der Waals surface area contributed by atoms with E-state index in [1.165, 1.54) is 6.07 Å². The van der Waals surface area contributed by atoms with Gasteiger partial charge in [0.25, 0.3) is 0 Å². The van der Waals surface area contributed by atoms with Crippen LogP contribution in [0.3, 0.4) is 0 Å². The first-order valence-corrected chi connectivity index (χ1v) is 6.69. The fourth-order valence-electron chi connectivity index (χ4n) is 1.29. The van der Waals surface area contributed by atoms with Gasteiger partial charge in [-0.15, -0.1) is 24.2 Å². The highest BCUT2D eigenvalue weighted by atomic mass is 35.5. The van der Waals surface area contributed by atoms with Crippen LogP contribution < -0.4 is 11.1 Å². The maximum absolute atomic E-state index is 12.5. The highest BCUT2D eigenvalue weighted by Gasteiger charge is 2.30. The number of amides is 1. The Hall–Kier alpha value is -0.920. The van der Waals surface area contributed by atoms with Gasteiger partial charge in [-0.1, -0.05) is 6.07 Å². The fraction of sp³-hybridized carbons (Fsp3) is 0.417. The lowest BCUT2D eigenvalue weighted by atomic mass is 10.2. The molecule has 0 aliphatic heterocycles. The van der Waals surface area contributed by atoms with E-state index in [0.29, 0.717) is 24.4 Å². The summed E-state index contributed by atoms with van der Waals surface area (Å²) in [6.07, 6.45) is -3.68. The molecule has 0 spiro atoms. The molecule has 1 aromatic rings. The fourth-order valence-corrected chi connectivity index (χ4v) is 2.08. The van der Waals surface area contributed by atoms with Crippen molar-refractivity contribution in [2.24, 2.45) is 5.73 Å². The Morgan fingerprint density at radius 1 is 1.35 bits per heavy atom. The predicted molar refractivity (Wildman–Crippen MR) is 76.1 cm³/mol. The van der Waals surface area contributed by atoms with Crippen LogP contribution in [0.5, 0.6) is 0 Å². The zero-order chi connectivity index (χ0) is 14.3. The normalized spacial score (nSPS) is 10.8. The van der Waals surface area contributed by atoms with E-state index in [9.17, 15) is 18.0 Å². The Morgan fingerprint density at radius 3 is 2.65 bits per heavy atom. The number of halogens is 4. The molecule has 3 nitrogen and oxygen atoms in total. The molecule has 0 radical (unpaired) electrons. The highest BCUT2D eigenvalue weighted by Crippen LogP contribution is 2.31. The van der Waals surface area contributed by atoms with Crippen molar-refractivity contribution in [1.82, 2.24) is 5.32 Å². The minimum Gasteiger partial charge on any atom is -0.355 e. The number of hydrogen-bond acceptors (Lipinski definition) is 3. The predicted octanol–water partition coefficient (Wildman–Crippen LogP) is 2.68. The number of rotatable bonds is 6. The number of nitrogens with two attached hydrogens (primary N) is 1. The number of nitrogens with one attached hydrogen (secondary N) is 1. The SMILES string of the molecule is Cl.NCCCNC(=O)CSc1cccc(C(F)(F)F)c1. The highest BCUT2D eigenvalue weighted by molar-refractivity contribution is 8.00. The molecule has 0 aliphatic carbocycles. The molecule has 0 fully saturated rings. The van der Waals surface area contributed by atoms with Crippen LogP contribution in [0.1, 0.15) is 12.0 Å². The van der Waals surface area contributed by atoms with Crippen LogP contribution in [0, 0.1) is 0 Å². The summed E-state index contributed by atoms with van der Waals surface area (Å²) in [5.74, 6) is -0.123. The summed E-state index contributed by atoms with van der Waals surface area (Å²) in [6.45, 7) is 0.972. The molecule has 20 heavy (non-hydrogen) atoms. The van der Waals surface area contributed by atoms with Crippen molar-refractivity contribution in [3.8, 4) is 0 Å². The molecule has 0 bridgehead atoms. The smallest absolute Gasteiger partial charge is 0.355 e. The number of thioether (sulfide) groups is 1. The average molecular weight is 329 g/mol. The molecule has 1 amide bonds. The third kappa shape index (κ3) is 7.02. The minimum absolute atomic E-state index is 0. The molecule has 1 rings (SSSR count). The molecule has 0 unspecified atom stereocenters. The first-order valence-electron chi connectivity index (χ1n) is 5.70. The number of carbonyl (C=O) groups is 1. The molecule has 0 saturated heterocycles. The van der Waals surface area contributed by atoms with Gasteiger partial charge in [-0.2, -0.15) is 13.2 Å². The molecular weight excluding hydrogens is 313 g/mol. The van der Waals surface area contributed by atoms with Gasteiger partial charge < -0.3 is 11.1 Å². The van der Waals surface area contributed by atoms with E-state index in [-0.39, 0.29) is 24.1 Å². The largest absolute Gasteiger partial charge is 0.416 e. The van der Waals surface area contributed by atoms with Gasteiger partial charge in [-0.25, -0.2) is 0 Å². The molecule has 0 saturated carbocycles. The van der Waals surface area contributed by atoms with Gasteiger partial charge >= 0.3 is 6.18 Å². The van der Waals surface area contributed by atoms with Gasteiger partial charge in [0.1, 0.15) is 0 Å². The maximum Gasteiger partial charge on any atom is 0.416 e. The maximum atomic E-state index is 12.5. The summed E-state index contributed by atoms with van der Waals surface area (Å²) in [5, 5.41) is 2.64. The molecule has 0 atom stereocenters. The van der Waals surface area contributed by atoms with Crippen molar-refractivity contribution < 1.29 is 18.0 Å². The first-order chi connectivity index (χ1) is 8.93. The average Bonchev–Trinajstić information content (AvgIpc) is 2.36. The molecule has 3 N–H and O–H groups in total. The summed E-state index contributed by atoms with van der Waals surface area (Å²) >= 11 is 1.07. The van der Waals surface area contributed by atoms with Crippen LogP contribution >= 0.6 is 24.2 Å².